The van der Waals surface area contributed by atoms with E-state index in [1.54, 1.807) is 13.4 Å². The van der Waals surface area contributed by atoms with Crippen LogP contribution in [0.3, 0.4) is 0 Å². The lowest BCUT2D eigenvalue weighted by atomic mass is 10.0. The Morgan fingerprint density at radius 3 is 2.72 bits per heavy atom. The van der Waals surface area contributed by atoms with E-state index in [1.165, 1.54) is 0 Å². The van der Waals surface area contributed by atoms with E-state index in [0.29, 0.717) is 13.2 Å². The molecule has 3 aromatic rings. The van der Waals surface area contributed by atoms with Crippen molar-refractivity contribution in [3.8, 4) is 5.75 Å². The molecule has 0 radical (unpaired) electrons. The molecule has 0 unspecified atom stereocenters. The first-order valence-corrected chi connectivity index (χ1v) is 8.61. The van der Waals surface area contributed by atoms with Crippen molar-refractivity contribution in [2.45, 2.75) is 18.6 Å². The molecule has 0 atom stereocenters. The molecule has 0 aliphatic carbocycles. The molecule has 25 heavy (non-hydrogen) atoms. The fraction of sp³-hybridized carbons (Fsp3) is 0.444. The Hall–Kier alpha value is -2.38. The molecule has 5 rings (SSSR count). The van der Waals surface area contributed by atoms with Crippen molar-refractivity contribution in [3.63, 3.8) is 0 Å². The number of rotatable bonds is 2. The van der Waals surface area contributed by atoms with Gasteiger partial charge in [-0.15, -0.1) is 0 Å². The number of fused-ring (bicyclic) bond motifs is 3. The third-order valence-corrected chi connectivity index (χ3v) is 5.21. The predicted octanol–water partition coefficient (Wildman–Crippen LogP) is 2.46. The van der Waals surface area contributed by atoms with Gasteiger partial charge < -0.3 is 24.1 Å². The second-order valence-electron chi connectivity index (χ2n) is 6.55. The maximum atomic E-state index is 5.82. The number of piperidine rings is 1. The standard InChI is InChI=1S/C18H20N4O3/c1-23-12-2-3-13-14(10-12)21-16-15(13)19-11-20-17(16)22-6-4-18(5-7-22)24-8-9-25-18/h2-3,10-11,21H,4-9H2,1H3. The zero-order valence-electron chi connectivity index (χ0n) is 14.1. The molecule has 1 aromatic carbocycles. The van der Waals surface area contributed by atoms with Crippen LogP contribution in [0.1, 0.15) is 12.8 Å². The highest BCUT2D eigenvalue weighted by atomic mass is 16.7. The fourth-order valence-corrected chi connectivity index (χ4v) is 3.88. The predicted molar refractivity (Wildman–Crippen MR) is 94.0 cm³/mol. The van der Waals surface area contributed by atoms with Crippen LogP contribution in [0.5, 0.6) is 5.75 Å². The topological polar surface area (TPSA) is 72.5 Å². The number of benzene rings is 1. The molecule has 7 nitrogen and oxygen atoms in total. The molecule has 130 valence electrons. The van der Waals surface area contributed by atoms with Gasteiger partial charge in [0.05, 0.1) is 25.8 Å². The largest absolute Gasteiger partial charge is 0.497 e. The average molecular weight is 340 g/mol. The Morgan fingerprint density at radius 1 is 1.16 bits per heavy atom. The Morgan fingerprint density at radius 2 is 1.96 bits per heavy atom. The van der Waals surface area contributed by atoms with Crippen molar-refractivity contribution < 1.29 is 14.2 Å². The van der Waals surface area contributed by atoms with Crippen LogP contribution < -0.4 is 9.64 Å². The number of hydrogen-bond acceptors (Lipinski definition) is 6. The SMILES string of the molecule is COc1ccc2c(c1)[nH]c1c(N3CCC4(CC3)OCCO4)ncnc12. The molecule has 2 saturated heterocycles. The number of methoxy groups -OCH3 is 1. The maximum Gasteiger partial charge on any atom is 0.171 e. The number of nitrogens with zero attached hydrogens (tertiary/aromatic N) is 3. The quantitative estimate of drug-likeness (QED) is 0.773. The number of aromatic amines is 1. The summed E-state index contributed by atoms with van der Waals surface area (Å²) in [6.07, 6.45) is 3.35. The van der Waals surface area contributed by atoms with Crippen LogP contribution in [0.15, 0.2) is 24.5 Å². The number of hydrogen-bond donors (Lipinski definition) is 1. The van der Waals surface area contributed by atoms with E-state index in [4.69, 9.17) is 14.2 Å². The van der Waals surface area contributed by atoms with Gasteiger partial charge in [-0.1, -0.05) is 0 Å². The highest BCUT2D eigenvalue weighted by Gasteiger charge is 2.40. The second-order valence-corrected chi connectivity index (χ2v) is 6.55. The van der Waals surface area contributed by atoms with Gasteiger partial charge in [0.2, 0.25) is 0 Å². The zero-order chi connectivity index (χ0) is 16.9. The Labute approximate surface area is 144 Å². The first-order valence-electron chi connectivity index (χ1n) is 8.61. The summed E-state index contributed by atoms with van der Waals surface area (Å²) in [6, 6.07) is 5.98. The molecular formula is C18H20N4O3. The third kappa shape index (κ3) is 2.34. The minimum Gasteiger partial charge on any atom is -0.497 e. The smallest absolute Gasteiger partial charge is 0.171 e. The van der Waals surface area contributed by atoms with Crippen LogP contribution in [0.25, 0.3) is 21.9 Å². The molecule has 2 fully saturated rings. The summed E-state index contributed by atoms with van der Waals surface area (Å²) in [5, 5.41) is 1.08. The van der Waals surface area contributed by atoms with Crippen LogP contribution >= 0.6 is 0 Å². The number of H-pyrrole nitrogens is 1. The average Bonchev–Trinajstić information content (AvgIpc) is 3.26. The van der Waals surface area contributed by atoms with Gasteiger partial charge in [-0.3, -0.25) is 0 Å². The lowest BCUT2D eigenvalue weighted by Gasteiger charge is -2.38. The summed E-state index contributed by atoms with van der Waals surface area (Å²) in [4.78, 5) is 14.8. The maximum absolute atomic E-state index is 5.82. The lowest BCUT2D eigenvalue weighted by molar-refractivity contribution is -0.169. The molecule has 2 aliphatic heterocycles. The van der Waals surface area contributed by atoms with Gasteiger partial charge in [0, 0.05) is 37.4 Å². The number of nitrogens with one attached hydrogen (secondary N) is 1. The van der Waals surface area contributed by atoms with Crippen LogP contribution in [-0.2, 0) is 9.47 Å². The normalized spacial score (nSPS) is 20.0. The first kappa shape index (κ1) is 14.9. The van der Waals surface area contributed by atoms with Crippen LogP contribution in [0, 0.1) is 0 Å². The Kier molecular flexibility index (Phi) is 3.33. The first-order chi connectivity index (χ1) is 12.3. The van der Waals surface area contributed by atoms with E-state index in [1.807, 2.05) is 18.2 Å². The summed E-state index contributed by atoms with van der Waals surface area (Å²) >= 11 is 0. The summed E-state index contributed by atoms with van der Waals surface area (Å²) in [7, 11) is 1.67. The third-order valence-electron chi connectivity index (χ3n) is 5.21. The number of ether oxygens (including phenoxy) is 3. The van der Waals surface area contributed by atoms with Gasteiger partial charge in [-0.05, 0) is 12.1 Å². The molecule has 0 amide bonds. The molecule has 2 aliphatic rings. The highest BCUT2D eigenvalue weighted by molar-refractivity contribution is 6.08. The molecule has 7 heteroatoms. The second kappa shape index (κ2) is 5.57. The Balaban J connectivity index is 1.53. The van der Waals surface area contributed by atoms with Gasteiger partial charge in [0.25, 0.3) is 0 Å². The minimum atomic E-state index is -0.379. The molecule has 4 heterocycles. The number of anilines is 1. The van der Waals surface area contributed by atoms with E-state index in [2.05, 4.69) is 19.9 Å². The van der Waals surface area contributed by atoms with E-state index >= 15 is 0 Å². The molecule has 0 bridgehead atoms. The van der Waals surface area contributed by atoms with E-state index in [9.17, 15) is 0 Å². The van der Waals surface area contributed by atoms with E-state index in [-0.39, 0.29) is 5.79 Å². The van der Waals surface area contributed by atoms with Crippen molar-refractivity contribution in [1.82, 2.24) is 15.0 Å². The zero-order valence-corrected chi connectivity index (χ0v) is 14.1. The van der Waals surface area contributed by atoms with Gasteiger partial charge in [-0.25, -0.2) is 9.97 Å². The monoisotopic (exact) mass is 340 g/mol. The van der Waals surface area contributed by atoms with E-state index < -0.39 is 0 Å². The van der Waals surface area contributed by atoms with E-state index in [0.717, 1.165) is 59.4 Å². The fourth-order valence-electron chi connectivity index (χ4n) is 3.88. The molecule has 1 N–H and O–H groups in total. The molecule has 0 saturated carbocycles. The van der Waals surface area contributed by atoms with Crippen molar-refractivity contribution >= 4 is 27.8 Å². The lowest BCUT2D eigenvalue weighted by Crippen LogP contribution is -2.45. The van der Waals surface area contributed by atoms with Gasteiger partial charge in [0.15, 0.2) is 11.6 Å². The summed E-state index contributed by atoms with van der Waals surface area (Å²) in [5.74, 6) is 1.38. The summed E-state index contributed by atoms with van der Waals surface area (Å²) < 4.78 is 17.0. The summed E-state index contributed by atoms with van der Waals surface area (Å²) in [6.45, 7) is 3.10. The van der Waals surface area contributed by atoms with Crippen molar-refractivity contribution in [1.29, 1.82) is 0 Å². The van der Waals surface area contributed by atoms with Crippen LogP contribution in [0.2, 0.25) is 0 Å². The molecular weight excluding hydrogens is 320 g/mol. The highest BCUT2D eigenvalue weighted by Crippen LogP contribution is 2.36. The number of aromatic nitrogens is 3. The van der Waals surface area contributed by atoms with Gasteiger partial charge in [0.1, 0.15) is 23.1 Å². The Bertz CT molecular complexity index is 923. The van der Waals surface area contributed by atoms with Crippen molar-refractivity contribution in [3.05, 3.63) is 24.5 Å². The van der Waals surface area contributed by atoms with Gasteiger partial charge in [-0.2, -0.15) is 0 Å². The van der Waals surface area contributed by atoms with Crippen LogP contribution in [0.4, 0.5) is 5.82 Å². The minimum absolute atomic E-state index is 0.379. The van der Waals surface area contributed by atoms with Gasteiger partial charge >= 0.3 is 0 Å². The van der Waals surface area contributed by atoms with Crippen LogP contribution in [-0.4, -0.2) is 54.2 Å². The van der Waals surface area contributed by atoms with Crippen molar-refractivity contribution in [2.75, 3.05) is 38.3 Å². The van der Waals surface area contributed by atoms with Crippen molar-refractivity contribution in [2.24, 2.45) is 0 Å². The summed E-state index contributed by atoms with van der Waals surface area (Å²) in [5.41, 5.74) is 2.92. The molecule has 2 aromatic heterocycles. The molecule has 1 spiro atoms.